The molecule has 3 aromatic rings. The topological polar surface area (TPSA) is 103 Å². The molecular formula is C29H28Cl3N3O5S. The van der Waals surface area contributed by atoms with Gasteiger partial charge >= 0.3 is 5.97 Å². The molecule has 12 heteroatoms. The number of rotatable bonds is 11. The number of hydrogen-bond donors (Lipinski definition) is 0. The molecule has 41 heavy (non-hydrogen) atoms. The van der Waals surface area contributed by atoms with Gasteiger partial charge in [0.1, 0.15) is 23.7 Å². The van der Waals surface area contributed by atoms with Crippen molar-refractivity contribution in [2.45, 2.75) is 58.6 Å². The van der Waals surface area contributed by atoms with Crippen molar-refractivity contribution >= 4 is 52.5 Å². The first-order valence-electron chi connectivity index (χ1n) is 12.7. The second kappa shape index (κ2) is 15.1. The van der Waals surface area contributed by atoms with Gasteiger partial charge in [-0.3, -0.25) is 0 Å². The van der Waals surface area contributed by atoms with Crippen molar-refractivity contribution in [1.82, 2.24) is 0 Å². The van der Waals surface area contributed by atoms with E-state index in [1.54, 1.807) is 0 Å². The Morgan fingerprint density at radius 1 is 0.951 bits per heavy atom. The molecule has 1 aliphatic heterocycles. The van der Waals surface area contributed by atoms with Crippen molar-refractivity contribution in [3.63, 3.8) is 0 Å². The molecule has 3 aromatic carbocycles. The number of thioether (sulfide) groups is 1. The van der Waals surface area contributed by atoms with Crippen LogP contribution in [0.25, 0.3) is 10.4 Å². The third-order valence-electron chi connectivity index (χ3n) is 6.23. The van der Waals surface area contributed by atoms with E-state index in [9.17, 15) is 10.3 Å². The Kier molecular flexibility index (Phi) is 11.6. The molecule has 4 rings (SSSR count). The quantitative estimate of drug-likeness (QED) is 0.0707. The van der Waals surface area contributed by atoms with Crippen molar-refractivity contribution in [1.29, 1.82) is 0 Å². The van der Waals surface area contributed by atoms with Crippen LogP contribution < -0.4 is 0 Å². The molecule has 0 saturated carbocycles. The molecule has 1 fully saturated rings. The van der Waals surface area contributed by atoms with E-state index in [-0.39, 0.29) is 19.8 Å². The van der Waals surface area contributed by atoms with E-state index in [0.717, 1.165) is 21.6 Å². The first kappa shape index (κ1) is 31.5. The Labute approximate surface area is 257 Å². The van der Waals surface area contributed by atoms with E-state index < -0.39 is 39.6 Å². The van der Waals surface area contributed by atoms with E-state index in [0.29, 0.717) is 0 Å². The molecule has 0 aromatic heterocycles. The first-order chi connectivity index (χ1) is 19.7. The third kappa shape index (κ3) is 9.26. The number of azide groups is 1. The number of carbonyl (C=O) groups excluding carboxylic acids is 1. The molecular weight excluding hydrogens is 609 g/mol. The number of aryl methyl sites for hydroxylation is 1. The van der Waals surface area contributed by atoms with Gasteiger partial charge < -0.3 is 18.9 Å². The Balaban J connectivity index is 1.66. The summed E-state index contributed by atoms with van der Waals surface area (Å²) in [6.07, 6.45) is -2.92. The fourth-order valence-electron chi connectivity index (χ4n) is 4.21. The van der Waals surface area contributed by atoms with Gasteiger partial charge in [-0.25, -0.2) is 4.79 Å². The van der Waals surface area contributed by atoms with Crippen LogP contribution in [0.1, 0.15) is 16.7 Å². The largest absolute Gasteiger partial charge is 0.454 e. The standard InChI is InChI=1S/C29H28Cl3N3O5S/c1-19-12-14-22(15-13-19)41-27-24(34-35-33)26(38-17-21-10-6-3-7-11-21)25(40-28(36)29(30,31)32)23(39-27)18-37-16-20-8-4-2-5-9-20/h2-15,23-27H,16-18H2,1H3/t23-,24-,25-,26-,27?/m1/s1. The molecule has 0 N–H and O–H groups in total. The predicted molar refractivity (Wildman–Crippen MR) is 160 cm³/mol. The van der Waals surface area contributed by atoms with Crippen LogP contribution in [0.3, 0.4) is 0 Å². The molecule has 1 unspecified atom stereocenters. The zero-order valence-electron chi connectivity index (χ0n) is 22.0. The smallest absolute Gasteiger partial charge is 0.359 e. The van der Waals surface area contributed by atoms with Gasteiger partial charge in [-0.1, -0.05) is 130 Å². The Bertz CT molecular complexity index is 1310. The maximum atomic E-state index is 12.8. The molecule has 5 atom stereocenters. The molecule has 1 saturated heterocycles. The molecule has 1 heterocycles. The van der Waals surface area contributed by atoms with E-state index in [2.05, 4.69) is 10.0 Å². The predicted octanol–water partition coefficient (Wildman–Crippen LogP) is 7.58. The number of alkyl halides is 3. The zero-order valence-corrected chi connectivity index (χ0v) is 25.1. The molecule has 0 aliphatic carbocycles. The lowest BCUT2D eigenvalue weighted by molar-refractivity contribution is -0.210. The summed E-state index contributed by atoms with van der Waals surface area (Å²) >= 11 is 18.9. The van der Waals surface area contributed by atoms with Crippen LogP contribution in [0.15, 0.2) is 94.9 Å². The summed E-state index contributed by atoms with van der Waals surface area (Å²) in [6, 6.07) is 26.0. The lowest BCUT2D eigenvalue weighted by atomic mass is 9.97. The zero-order chi connectivity index (χ0) is 29.2. The fourth-order valence-corrected chi connectivity index (χ4v) is 5.46. The normalized spacial score (nSPS) is 22.5. The summed E-state index contributed by atoms with van der Waals surface area (Å²) in [5.74, 6) is -1.11. The van der Waals surface area contributed by atoms with Gasteiger partial charge in [-0.15, -0.1) is 0 Å². The van der Waals surface area contributed by atoms with Crippen LogP contribution in [0, 0.1) is 6.92 Å². The van der Waals surface area contributed by atoms with Crippen LogP contribution in [0.5, 0.6) is 0 Å². The number of esters is 1. The van der Waals surface area contributed by atoms with Gasteiger partial charge in [0.05, 0.1) is 19.8 Å². The first-order valence-corrected chi connectivity index (χ1v) is 14.7. The Morgan fingerprint density at radius 2 is 1.56 bits per heavy atom. The summed E-state index contributed by atoms with van der Waals surface area (Å²) in [4.78, 5) is 16.7. The lowest BCUT2D eigenvalue weighted by Gasteiger charge is -2.44. The molecule has 0 radical (unpaired) electrons. The minimum absolute atomic E-state index is 0.0197. The second-order valence-corrected chi connectivity index (χ2v) is 12.8. The number of ether oxygens (including phenoxy) is 4. The average Bonchev–Trinajstić information content (AvgIpc) is 2.96. The van der Waals surface area contributed by atoms with E-state index in [1.165, 1.54) is 11.8 Å². The van der Waals surface area contributed by atoms with E-state index in [4.69, 9.17) is 53.8 Å². The minimum Gasteiger partial charge on any atom is -0.454 e. The van der Waals surface area contributed by atoms with Crippen molar-refractivity contribution in [2.75, 3.05) is 6.61 Å². The molecule has 0 amide bonds. The fraction of sp³-hybridized carbons (Fsp3) is 0.345. The average molecular weight is 637 g/mol. The van der Waals surface area contributed by atoms with Crippen LogP contribution in [0.2, 0.25) is 0 Å². The second-order valence-electron chi connectivity index (χ2n) is 9.30. The third-order valence-corrected chi connectivity index (χ3v) is 7.86. The number of benzene rings is 3. The van der Waals surface area contributed by atoms with Crippen LogP contribution in [0.4, 0.5) is 0 Å². The van der Waals surface area contributed by atoms with Crippen LogP contribution in [-0.4, -0.2) is 46.2 Å². The van der Waals surface area contributed by atoms with Crippen molar-refractivity contribution in [2.24, 2.45) is 5.11 Å². The lowest BCUT2D eigenvalue weighted by Crippen LogP contribution is -2.60. The van der Waals surface area contributed by atoms with Crippen molar-refractivity contribution < 1.29 is 23.7 Å². The highest BCUT2D eigenvalue weighted by molar-refractivity contribution is 7.99. The number of carbonyl (C=O) groups is 1. The highest BCUT2D eigenvalue weighted by Crippen LogP contribution is 2.39. The minimum atomic E-state index is -2.35. The maximum Gasteiger partial charge on any atom is 0.359 e. The summed E-state index contributed by atoms with van der Waals surface area (Å²) in [5.41, 5.74) is 11.7. The highest BCUT2D eigenvalue weighted by Gasteiger charge is 2.50. The maximum absolute atomic E-state index is 12.8. The SMILES string of the molecule is Cc1ccc(SC2O[C@H](COCc3ccccc3)[C@@H](OC(=O)C(Cl)(Cl)Cl)[C@H](OCc3ccccc3)[C@H]2N=[N+]=[N-])cc1. The van der Waals surface area contributed by atoms with Gasteiger partial charge in [-0.05, 0) is 35.7 Å². The Hall–Kier alpha value is -2.46. The van der Waals surface area contributed by atoms with Crippen LogP contribution in [-0.2, 0) is 37.0 Å². The highest BCUT2D eigenvalue weighted by atomic mass is 35.6. The Morgan fingerprint density at radius 3 is 2.15 bits per heavy atom. The monoisotopic (exact) mass is 635 g/mol. The molecule has 0 spiro atoms. The molecule has 0 bridgehead atoms. The summed E-state index contributed by atoms with van der Waals surface area (Å²) in [7, 11) is 0. The van der Waals surface area contributed by atoms with Crippen LogP contribution >= 0.6 is 46.6 Å². The molecule has 216 valence electrons. The van der Waals surface area contributed by atoms with Crippen molar-refractivity contribution in [3.8, 4) is 0 Å². The van der Waals surface area contributed by atoms with Gasteiger partial charge in [0.2, 0.25) is 0 Å². The summed E-state index contributed by atoms with van der Waals surface area (Å²) in [5, 5.41) is 4.03. The number of hydrogen-bond acceptors (Lipinski definition) is 7. The summed E-state index contributed by atoms with van der Waals surface area (Å²) in [6.45, 7) is 2.44. The number of nitrogens with zero attached hydrogens (tertiary/aromatic N) is 3. The summed E-state index contributed by atoms with van der Waals surface area (Å²) < 4.78 is 22.1. The molecule has 1 aliphatic rings. The molecule has 8 nitrogen and oxygen atoms in total. The van der Waals surface area contributed by atoms with Crippen molar-refractivity contribution in [3.05, 3.63) is 112 Å². The van der Waals surface area contributed by atoms with Gasteiger partial charge in [0, 0.05) is 9.81 Å². The van der Waals surface area contributed by atoms with E-state index in [1.807, 2.05) is 91.9 Å². The van der Waals surface area contributed by atoms with Gasteiger partial charge in [0.15, 0.2) is 6.10 Å². The number of halogens is 3. The van der Waals surface area contributed by atoms with Gasteiger partial charge in [-0.2, -0.15) is 0 Å². The van der Waals surface area contributed by atoms with Gasteiger partial charge in [0.25, 0.3) is 3.79 Å². The van der Waals surface area contributed by atoms with E-state index >= 15 is 0 Å².